The summed E-state index contributed by atoms with van der Waals surface area (Å²) in [5, 5.41) is 5.64. The van der Waals surface area contributed by atoms with Crippen molar-refractivity contribution in [2.75, 3.05) is 33.3 Å². The predicted octanol–water partition coefficient (Wildman–Crippen LogP) is 3.34. The Kier molecular flexibility index (Phi) is 6.22. The van der Waals surface area contributed by atoms with E-state index < -0.39 is 0 Å². The molecule has 1 aliphatic rings. The fourth-order valence-corrected chi connectivity index (χ4v) is 4.11. The van der Waals surface area contributed by atoms with Crippen molar-refractivity contribution in [2.24, 2.45) is 0 Å². The Morgan fingerprint density at radius 2 is 2.13 bits per heavy atom. The second-order valence-electron chi connectivity index (χ2n) is 6.25. The minimum Gasteiger partial charge on any atom is -0.375 e. The number of benzene rings is 1. The van der Waals surface area contributed by atoms with Gasteiger partial charge < -0.3 is 15.0 Å². The summed E-state index contributed by atoms with van der Waals surface area (Å²) < 4.78 is 6.04. The molecular formula is C19H26N2OS. The Morgan fingerprint density at radius 1 is 1.26 bits per heavy atom. The van der Waals surface area contributed by atoms with Gasteiger partial charge >= 0.3 is 0 Å². The third-order valence-corrected chi connectivity index (χ3v) is 5.44. The molecule has 1 N–H and O–H groups in total. The maximum atomic E-state index is 6.04. The lowest BCUT2D eigenvalue weighted by Gasteiger charge is -2.31. The van der Waals surface area contributed by atoms with Crippen LogP contribution in [0, 0.1) is 0 Å². The lowest BCUT2D eigenvalue weighted by atomic mass is 9.95. The Morgan fingerprint density at radius 3 is 2.83 bits per heavy atom. The molecule has 0 aliphatic carbocycles. The summed E-state index contributed by atoms with van der Waals surface area (Å²) in [5.41, 5.74) is 1.37. The number of hydrogen-bond acceptors (Lipinski definition) is 4. The van der Waals surface area contributed by atoms with Gasteiger partial charge in [0.1, 0.15) is 0 Å². The molecule has 23 heavy (non-hydrogen) atoms. The summed E-state index contributed by atoms with van der Waals surface area (Å²) in [4.78, 5) is 3.86. The highest BCUT2D eigenvalue weighted by molar-refractivity contribution is 7.10. The molecule has 1 aliphatic heterocycles. The van der Waals surface area contributed by atoms with Crippen LogP contribution in [0.15, 0.2) is 47.8 Å². The number of morpholine rings is 1. The predicted molar refractivity (Wildman–Crippen MR) is 97.1 cm³/mol. The molecule has 2 heterocycles. The van der Waals surface area contributed by atoms with Crippen LogP contribution in [0.3, 0.4) is 0 Å². The minimum atomic E-state index is 0.299. The Labute approximate surface area is 143 Å². The molecule has 1 saturated heterocycles. The highest BCUT2D eigenvalue weighted by atomic mass is 32.1. The Hall–Kier alpha value is -1.20. The quantitative estimate of drug-likeness (QED) is 0.843. The van der Waals surface area contributed by atoms with Crippen LogP contribution in [-0.2, 0) is 11.3 Å². The van der Waals surface area contributed by atoms with Crippen molar-refractivity contribution in [1.82, 2.24) is 10.2 Å². The van der Waals surface area contributed by atoms with Crippen molar-refractivity contribution in [3.63, 3.8) is 0 Å². The maximum Gasteiger partial charge on any atom is 0.0776 e. The first-order valence-corrected chi connectivity index (χ1v) is 9.29. The van der Waals surface area contributed by atoms with Crippen molar-refractivity contribution in [2.45, 2.75) is 25.0 Å². The Balaban J connectivity index is 1.57. The van der Waals surface area contributed by atoms with Crippen molar-refractivity contribution in [3.05, 3.63) is 58.3 Å². The molecule has 1 aromatic carbocycles. The first kappa shape index (κ1) is 16.7. The van der Waals surface area contributed by atoms with Gasteiger partial charge in [-0.15, -0.1) is 11.3 Å². The monoisotopic (exact) mass is 330 g/mol. The molecule has 2 atom stereocenters. The van der Waals surface area contributed by atoms with Crippen molar-refractivity contribution in [3.8, 4) is 0 Å². The number of ether oxygens (including phenoxy) is 1. The molecule has 2 unspecified atom stereocenters. The third kappa shape index (κ3) is 4.88. The van der Waals surface area contributed by atoms with E-state index in [1.807, 2.05) is 11.3 Å². The van der Waals surface area contributed by atoms with Gasteiger partial charge in [0.15, 0.2) is 0 Å². The first-order valence-electron chi connectivity index (χ1n) is 8.41. The number of hydrogen-bond donors (Lipinski definition) is 1. The molecule has 1 aromatic heterocycles. The molecular weight excluding hydrogens is 304 g/mol. The SMILES string of the molecule is CN(CCC(c1cccs1)C1CNCCO1)Cc1ccccc1. The summed E-state index contributed by atoms with van der Waals surface area (Å²) in [7, 11) is 2.21. The van der Waals surface area contributed by atoms with Gasteiger partial charge in [-0.25, -0.2) is 0 Å². The van der Waals surface area contributed by atoms with Gasteiger partial charge in [0.25, 0.3) is 0 Å². The number of nitrogens with zero attached hydrogens (tertiary/aromatic N) is 1. The van der Waals surface area contributed by atoms with Crippen molar-refractivity contribution < 1.29 is 4.74 Å². The van der Waals surface area contributed by atoms with Crippen LogP contribution in [0.1, 0.15) is 22.8 Å². The fraction of sp³-hybridized carbons (Fsp3) is 0.474. The van der Waals surface area contributed by atoms with Crippen molar-refractivity contribution in [1.29, 1.82) is 0 Å². The van der Waals surface area contributed by atoms with Crippen LogP contribution in [0.4, 0.5) is 0 Å². The van der Waals surface area contributed by atoms with Gasteiger partial charge in [0, 0.05) is 30.4 Å². The molecule has 0 spiro atoms. The molecule has 0 amide bonds. The van der Waals surface area contributed by atoms with Gasteiger partial charge in [-0.05, 0) is 37.0 Å². The van der Waals surface area contributed by atoms with Crippen LogP contribution in [0.25, 0.3) is 0 Å². The Bertz CT molecular complexity index is 552. The van der Waals surface area contributed by atoms with Gasteiger partial charge in [-0.1, -0.05) is 36.4 Å². The number of nitrogens with one attached hydrogen (secondary N) is 1. The number of thiophene rings is 1. The molecule has 0 saturated carbocycles. The average molecular weight is 330 g/mol. The second kappa shape index (κ2) is 8.60. The lowest BCUT2D eigenvalue weighted by molar-refractivity contribution is 0.00836. The van der Waals surface area contributed by atoms with Crippen LogP contribution in [-0.4, -0.2) is 44.3 Å². The summed E-state index contributed by atoms with van der Waals surface area (Å²) in [6, 6.07) is 15.1. The van der Waals surface area contributed by atoms with E-state index in [0.29, 0.717) is 12.0 Å². The van der Waals surface area contributed by atoms with E-state index in [9.17, 15) is 0 Å². The molecule has 124 valence electrons. The largest absolute Gasteiger partial charge is 0.375 e. The summed E-state index contributed by atoms with van der Waals surface area (Å²) >= 11 is 1.85. The van der Waals surface area contributed by atoms with E-state index in [2.05, 4.69) is 65.1 Å². The molecule has 1 fully saturated rings. The van der Waals surface area contributed by atoms with Gasteiger partial charge in [0.2, 0.25) is 0 Å². The standard InChI is InChI=1S/C19H26N2OS/c1-21(15-16-6-3-2-4-7-16)11-9-17(19-8-5-13-23-19)18-14-20-10-12-22-18/h2-8,13,17-18,20H,9-12,14-15H2,1H3. The smallest absolute Gasteiger partial charge is 0.0776 e. The van der Waals surface area contributed by atoms with Crippen molar-refractivity contribution >= 4 is 11.3 Å². The highest BCUT2D eigenvalue weighted by Gasteiger charge is 2.26. The van der Waals surface area contributed by atoms with Gasteiger partial charge in [0.05, 0.1) is 12.7 Å². The summed E-state index contributed by atoms with van der Waals surface area (Å²) in [6.45, 7) is 4.85. The zero-order valence-electron chi connectivity index (χ0n) is 13.8. The highest BCUT2D eigenvalue weighted by Crippen LogP contribution is 2.30. The average Bonchev–Trinajstić information content (AvgIpc) is 3.11. The maximum absolute atomic E-state index is 6.04. The third-order valence-electron chi connectivity index (χ3n) is 4.43. The lowest BCUT2D eigenvalue weighted by Crippen LogP contribution is -2.42. The van der Waals surface area contributed by atoms with E-state index in [4.69, 9.17) is 4.74 Å². The van der Waals surface area contributed by atoms with E-state index in [1.165, 1.54) is 10.4 Å². The molecule has 3 rings (SSSR count). The van der Waals surface area contributed by atoms with E-state index in [-0.39, 0.29) is 0 Å². The molecule has 4 heteroatoms. The molecule has 0 radical (unpaired) electrons. The molecule has 0 bridgehead atoms. The molecule has 3 nitrogen and oxygen atoms in total. The summed E-state index contributed by atoms with van der Waals surface area (Å²) in [5.74, 6) is 0.487. The zero-order chi connectivity index (χ0) is 15.9. The van der Waals surface area contributed by atoms with E-state index in [0.717, 1.165) is 39.2 Å². The van der Waals surface area contributed by atoms with E-state index >= 15 is 0 Å². The van der Waals surface area contributed by atoms with Crippen LogP contribution in [0.5, 0.6) is 0 Å². The topological polar surface area (TPSA) is 24.5 Å². The van der Waals surface area contributed by atoms with Crippen LogP contribution >= 0.6 is 11.3 Å². The van der Waals surface area contributed by atoms with E-state index in [1.54, 1.807) is 0 Å². The fourth-order valence-electron chi connectivity index (χ4n) is 3.19. The summed E-state index contributed by atoms with van der Waals surface area (Å²) in [6.07, 6.45) is 1.43. The van der Waals surface area contributed by atoms with Gasteiger partial charge in [-0.3, -0.25) is 0 Å². The number of rotatable bonds is 7. The van der Waals surface area contributed by atoms with Crippen LogP contribution in [0.2, 0.25) is 0 Å². The second-order valence-corrected chi connectivity index (χ2v) is 7.23. The van der Waals surface area contributed by atoms with Crippen LogP contribution < -0.4 is 5.32 Å². The zero-order valence-corrected chi connectivity index (χ0v) is 14.6. The normalized spacial score (nSPS) is 19.8. The van der Waals surface area contributed by atoms with Gasteiger partial charge in [-0.2, -0.15) is 0 Å². The minimum absolute atomic E-state index is 0.299. The molecule has 2 aromatic rings. The first-order chi connectivity index (χ1) is 11.3.